The summed E-state index contributed by atoms with van der Waals surface area (Å²) in [6, 6.07) is 7.09. The van der Waals surface area contributed by atoms with Gasteiger partial charge in [0.05, 0.1) is 16.9 Å². The van der Waals surface area contributed by atoms with Crippen molar-refractivity contribution < 1.29 is 9.53 Å². The van der Waals surface area contributed by atoms with Crippen molar-refractivity contribution in [3.05, 3.63) is 47.9 Å². The van der Waals surface area contributed by atoms with Crippen LogP contribution in [0, 0.1) is 0 Å². The van der Waals surface area contributed by atoms with Gasteiger partial charge >= 0.3 is 0 Å². The number of anilines is 1. The average molecular weight is 331 g/mol. The Kier molecular flexibility index (Phi) is 4.43. The molecule has 3 rings (SSSR count). The van der Waals surface area contributed by atoms with E-state index in [1.54, 1.807) is 41.5 Å². The van der Waals surface area contributed by atoms with Crippen LogP contribution in [-0.2, 0) is 11.3 Å². The number of fused-ring (bicyclic) bond motifs is 1. The van der Waals surface area contributed by atoms with E-state index in [1.165, 1.54) is 0 Å². The van der Waals surface area contributed by atoms with E-state index in [0.29, 0.717) is 22.0 Å². The van der Waals surface area contributed by atoms with E-state index in [0.717, 1.165) is 11.9 Å². The molecule has 0 saturated heterocycles. The Balaban J connectivity index is 1.68. The number of nitrogens with zero attached hydrogens (tertiary/aromatic N) is 3. The van der Waals surface area contributed by atoms with Gasteiger partial charge in [-0.05, 0) is 31.2 Å². The van der Waals surface area contributed by atoms with Crippen LogP contribution in [0.15, 0.2) is 42.9 Å². The summed E-state index contributed by atoms with van der Waals surface area (Å²) in [6.45, 7) is 2.60. The zero-order valence-electron chi connectivity index (χ0n) is 12.5. The van der Waals surface area contributed by atoms with Gasteiger partial charge in [0.15, 0.2) is 6.61 Å². The molecule has 23 heavy (non-hydrogen) atoms. The Labute approximate surface area is 138 Å². The topological polar surface area (TPSA) is 69.0 Å². The van der Waals surface area contributed by atoms with Gasteiger partial charge < -0.3 is 10.1 Å². The highest BCUT2D eigenvalue weighted by Crippen LogP contribution is 2.29. The van der Waals surface area contributed by atoms with Crippen molar-refractivity contribution in [3.63, 3.8) is 0 Å². The molecule has 0 bridgehead atoms. The molecule has 0 radical (unpaired) electrons. The molecule has 0 aliphatic heterocycles. The van der Waals surface area contributed by atoms with E-state index in [1.807, 2.05) is 13.0 Å². The Hall–Kier alpha value is -2.60. The van der Waals surface area contributed by atoms with Crippen LogP contribution in [0.25, 0.3) is 10.9 Å². The summed E-state index contributed by atoms with van der Waals surface area (Å²) in [5, 5.41) is 8.21. The number of ether oxygens (including phenoxy) is 1. The van der Waals surface area contributed by atoms with E-state index in [4.69, 9.17) is 16.3 Å². The summed E-state index contributed by atoms with van der Waals surface area (Å²) in [7, 11) is 0. The third-order valence-corrected chi connectivity index (χ3v) is 3.61. The number of nitrogens with one attached hydrogen (secondary N) is 1. The number of amides is 1. The van der Waals surface area contributed by atoms with Crippen LogP contribution in [-0.4, -0.2) is 27.3 Å². The largest absolute Gasteiger partial charge is 0.481 e. The Bertz CT molecular complexity index is 847. The second kappa shape index (κ2) is 6.66. The van der Waals surface area contributed by atoms with Crippen molar-refractivity contribution in [2.75, 3.05) is 11.9 Å². The van der Waals surface area contributed by atoms with Crippen LogP contribution >= 0.6 is 11.6 Å². The molecule has 1 N–H and O–H groups in total. The fourth-order valence-corrected chi connectivity index (χ4v) is 2.39. The molecular weight excluding hydrogens is 316 g/mol. The first-order valence-electron chi connectivity index (χ1n) is 7.15. The monoisotopic (exact) mass is 330 g/mol. The number of aromatic nitrogens is 3. The summed E-state index contributed by atoms with van der Waals surface area (Å²) in [4.78, 5) is 16.2. The number of aryl methyl sites for hydroxylation is 1. The molecule has 6 nitrogen and oxygen atoms in total. The van der Waals surface area contributed by atoms with Crippen LogP contribution < -0.4 is 10.1 Å². The highest BCUT2D eigenvalue weighted by molar-refractivity contribution is 6.35. The minimum absolute atomic E-state index is 0.120. The maximum Gasteiger partial charge on any atom is 0.262 e. The quantitative estimate of drug-likeness (QED) is 0.780. The van der Waals surface area contributed by atoms with E-state index in [9.17, 15) is 4.79 Å². The minimum Gasteiger partial charge on any atom is -0.481 e. The van der Waals surface area contributed by atoms with Crippen LogP contribution in [0.2, 0.25) is 5.02 Å². The van der Waals surface area contributed by atoms with Crippen LogP contribution in [0.5, 0.6) is 5.75 Å². The zero-order chi connectivity index (χ0) is 16.2. The first-order valence-corrected chi connectivity index (χ1v) is 7.53. The van der Waals surface area contributed by atoms with E-state index >= 15 is 0 Å². The highest BCUT2D eigenvalue weighted by atomic mass is 35.5. The molecule has 7 heteroatoms. The fourth-order valence-electron chi connectivity index (χ4n) is 2.17. The maximum atomic E-state index is 12.0. The molecule has 1 amide bonds. The van der Waals surface area contributed by atoms with E-state index < -0.39 is 0 Å². The number of hydrogen-bond donors (Lipinski definition) is 1. The van der Waals surface area contributed by atoms with Crippen molar-refractivity contribution in [2.45, 2.75) is 13.5 Å². The number of carbonyl (C=O) groups is 1. The molecule has 0 unspecified atom stereocenters. The molecule has 0 aliphatic rings. The lowest BCUT2D eigenvalue weighted by Gasteiger charge is -2.09. The predicted molar refractivity (Wildman–Crippen MR) is 88.8 cm³/mol. The fraction of sp³-hybridized carbons (Fsp3) is 0.188. The number of halogens is 1. The minimum atomic E-state index is -0.264. The normalized spacial score (nSPS) is 10.7. The Morgan fingerprint density at radius 2 is 2.26 bits per heavy atom. The van der Waals surface area contributed by atoms with Crippen LogP contribution in [0.4, 0.5) is 5.69 Å². The van der Waals surface area contributed by atoms with Crippen molar-refractivity contribution >= 4 is 34.1 Å². The van der Waals surface area contributed by atoms with Crippen molar-refractivity contribution in [3.8, 4) is 5.75 Å². The van der Waals surface area contributed by atoms with Crippen molar-refractivity contribution in [1.82, 2.24) is 14.8 Å². The third-order valence-electron chi connectivity index (χ3n) is 3.28. The standard InChI is InChI=1S/C16H15ClN4O2/c1-2-21-9-11(8-19-21)20-15(22)10-23-14-6-5-13(17)12-4-3-7-18-16(12)14/h3-9H,2,10H2,1H3,(H,20,22). The second-order valence-corrected chi connectivity index (χ2v) is 5.27. The number of carbonyl (C=O) groups excluding carboxylic acids is 1. The number of hydrogen-bond acceptors (Lipinski definition) is 4. The van der Waals surface area contributed by atoms with Gasteiger partial charge in [0, 0.05) is 24.3 Å². The lowest BCUT2D eigenvalue weighted by molar-refractivity contribution is -0.118. The summed E-state index contributed by atoms with van der Waals surface area (Å²) in [5.41, 5.74) is 1.27. The molecular formula is C16H15ClN4O2. The van der Waals surface area contributed by atoms with E-state index in [-0.39, 0.29) is 12.5 Å². The summed E-state index contributed by atoms with van der Waals surface area (Å²) in [5.74, 6) is 0.254. The molecule has 118 valence electrons. The van der Waals surface area contributed by atoms with Gasteiger partial charge in [-0.25, -0.2) is 0 Å². The molecule has 2 aromatic heterocycles. The average Bonchev–Trinajstić information content (AvgIpc) is 3.02. The van der Waals surface area contributed by atoms with Gasteiger partial charge in [-0.15, -0.1) is 0 Å². The van der Waals surface area contributed by atoms with Gasteiger partial charge in [0.25, 0.3) is 5.91 Å². The molecule has 0 aliphatic carbocycles. The van der Waals surface area contributed by atoms with Gasteiger partial charge in [-0.3, -0.25) is 14.5 Å². The second-order valence-electron chi connectivity index (χ2n) is 4.87. The number of benzene rings is 1. The number of pyridine rings is 1. The maximum absolute atomic E-state index is 12.0. The lowest BCUT2D eigenvalue weighted by Crippen LogP contribution is -2.20. The third kappa shape index (κ3) is 3.43. The summed E-state index contributed by atoms with van der Waals surface area (Å²) >= 11 is 6.13. The Morgan fingerprint density at radius 3 is 3.04 bits per heavy atom. The first kappa shape index (κ1) is 15.3. The van der Waals surface area contributed by atoms with Gasteiger partial charge in [0.2, 0.25) is 0 Å². The molecule has 1 aromatic carbocycles. The first-order chi connectivity index (χ1) is 11.2. The molecule has 0 saturated carbocycles. The lowest BCUT2D eigenvalue weighted by atomic mass is 10.2. The summed E-state index contributed by atoms with van der Waals surface area (Å²) in [6.07, 6.45) is 5.02. The van der Waals surface area contributed by atoms with Gasteiger partial charge in [-0.1, -0.05) is 11.6 Å². The molecule has 0 spiro atoms. The Morgan fingerprint density at radius 1 is 1.39 bits per heavy atom. The van der Waals surface area contributed by atoms with E-state index in [2.05, 4.69) is 15.4 Å². The van der Waals surface area contributed by atoms with Crippen molar-refractivity contribution in [1.29, 1.82) is 0 Å². The molecule has 2 heterocycles. The SMILES string of the molecule is CCn1cc(NC(=O)COc2ccc(Cl)c3cccnc23)cn1. The van der Waals surface area contributed by atoms with Gasteiger partial charge in [-0.2, -0.15) is 5.10 Å². The highest BCUT2D eigenvalue weighted by Gasteiger charge is 2.10. The molecule has 3 aromatic rings. The molecule has 0 atom stereocenters. The van der Waals surface area contributed by atoms with Crippen molar-refractivity contribution in [2.24, 2.45) is 0 Å². The molecule has 0 fully saturated rings. The zero-order valence-corrected chi connectivity index (χ0v) is 13.2. The van der Waals surface area contributed by atoms with Gasteiger partial charge in [0.1, 0.15) is 11.3 Å². The predicted octanol–water partition coefficient (Wildman–Crippen LogP) is 3.12. The number of rotatable bonds is 5. The smallest absolute Gasteiger partial charge is 0.262 e. The summed E-state index contributed by atoms with van der Waals surface area (Å²) < 4.78 is 7.31. The van der Waals surface area contributed by atoms with Crippen LogP contribution in [0.3, 0.4) is 0 Å². The van der Waals surface area contributed by atoms with Crippen LogP contribution in [0.1, 0.15) is 6.92 Å².